The van der Waals surface area contributed by atoms with E-state index >= 15 is 0 Å². The highest BCUT2D eigenvalue weighted by molar-refractivity contribution is 7.92. The van der Waals surface area contributed by atoms with E-state index in [1.807, 2.05) is 43.0 Å². The lowest BCUT2D eigenvalue weighted by Crippen LogP contribution is -2.29. The van der Waals surface area contributed by atoms with Crippen LogP contribution in [0.4, 0.5) is 24.5 Å². The molecule has 0 radical (unpaired) electrons. The van der Waals surface area contributed by atoms with Gasteiger partial charge in [0.2, 0.25) is 10.0 Å². The second-order valence-corrected chi connectivity index (χ2v) is 11.8. The highest BCUT2D eigenvalue weighted by atomic mass is 32.2. The molecule has 0 spiro atoms. The molecule has 0 aliphatic carbocycles. The lowest BCUT2D eigenvalue weighted by Gasteiger charge is -2.28. The van der Waals surface area contributed by atoms with E-state index in [9.17, 15) is 21.6 Å². The molecule has 2 aromatic carbocycles. The van der Waals surface area contributed by atoms with E-state index < -0.39 is 27.8 Å². The van der Waals surface area contributed by atoms with Gasteiger partial charge >= 0.3 is 6.18 Å². The summed E-state index contributed by atoms with van der Waals surface area (Å²) in [7, 11) is -3.45. The van der Waals surface area contributed by atoms with Gasteiger partial charge in [0.1, 0.15) is 0 Å². The van der Waals surface area contributed by atoms with E-state index in [1.165, 1.54) is 6.07 Å². The second kappa shape index (κ2) is 10.3. The first-order valence-corrected chi connectivity index (χ1v) is 14.6. The quantitative estimate of drug-likeness (QED) is 0.268. The average molecular weight is 586 g/mol. The van der Waals surface area contributed by atoms with Crippen molar-refractivity contribution in [3.63, 3.8) is 0 Å². The Kier molecular flexibility index (Phi) is 7.09. The Morgan fingerprint density at radius 2 is 1.70 bits per heavy atom. The van der Waals surface area contributed by atoms with Gasteiger partial charge in [-0.1, -0.05) is 12.1 Å². The summed E-state index contributed by atoms with van der Waals surface area (Å²) >= 11 is 5.78. The summed E-state index contributed by atoms with van der Waals surface area (Å²) in [6, 6.07) is 18.9. The third-order valence-electron chi connectivity index (χ3n) is 6.77. The van der Waals surface area contributed by atoms with Gasteiger partial charge in [0.25, 0.3) is 0 Å². The van der Waals surface area contributed by atoms with Crippen molar-refractivity contribution in [1.82, 2.24) is 14.9 Å². The number of rotatable bonds is 6. The first-order chi connectivity index (χ1) is 18.8. The lowest BCUT2D eigenvalue weighted by molar-refractivity contribution is -0.137. The van der Waals surface area contributed by atoms with E-state index in [4.69, 9.17) is 12.2 Å². The fraction of sp³-hybridized carbons (Fsp3) is 0.214. The van der Waals surface area contributed by atoms with E-state index in [-0.39, 0.29) is 6.04 Å². The molecule has 1 aliphatic heterocycles. The molecule has 40 heavy (non-hydrogen) atoms. The van der Waals surface area contributed by atoms with Gasteiger partial charge in [-0.2, -0.15) is 13.2 Å². The SMILES string of the molecule is Cc1cc([C@H]2[C@H](c3ccccn3)NC(=S)N2c2ccc(NS(C)(=O)=O)cc2)c(C)n1-c1cccc(C(F)(F)F)c1. The number of thiocarbonyl (C=S) groups is 1. The molecule has 4 aromatic rings. The van der Waals surface area contributed by atoms with Crippen LogP contribution in [0.25, 0.3) is 5.69 Å². The fourth-order valence-electron chi connectivity index (χ4n) is 5.16. The van der Waals surface area contributed by atoms with Crippen molar-refractivity contribution in [3.05, 3.63) is 107 Å². The van der Waals surface area contributed by atoms with Crippen molar-refractivity contribution in [1.29, 1.82) is 0 Å². The molecule has 1 fully saturated rings. The summed E-state index contributed by atoms with van der Waals surface area (Å²) in [6.07, 6.45) is -1.69. The van der Waals surface area contributed by atoms with Crippen LogP contribution in [0.5, 0.6) is 0 Å². The molecule has 7 nitrogen and oxygen atoms in total. The summed E-state index contributed by atoms with van der Waals surface area (Å²) < 4.78 is 68.1. The van der Waals surface area contributed by atoms with Crippen LogP contribution >= 0.6 is 12.2 Å². The number of benzene rings is 2. The van der Waals surface area contributed by atoms with Crippen molar-refractivity contribution in [3.8, 4) is 5.69 Å². The van der Waals surface area contributed by atoms with Crippen LogP contribution in [-0.4, -0.2) is 29.3 Å². The predicted molar refractivity (Wildman–Crippen MR) is 153 cm³/mol. The minimum atomic E-state index is -4.46. The molecular weight excluding hydrogens is 559 g/mol. The van der Waals surface area contributed by atoms with Gasteiger partial charge in [0, 0.05) is 34.6 Å². The van der Waals surface area contributed by atoms with E-state index in [1.54, 1.807) is 41.1 Å². The number of aryl methyl sites for hydroxylation is 1. The number of alkyl halides is 3. The number of nitrogens with one attached hydrogen (secondary N) is 2. The minimum Gasteiger partial charge on any atom is -0.351 e. The Morgan fingerprint density at radius 3 is 2.33 bits per heavy atom. The molecule has 0 saturated carbocycles. The Hall–Kier alpha value is -3.90. The van der Waals surface area contributed by atoms with Crippen LogP contribution in [0, 0.1) is 13.8 Å². The van der Waals surface area contributed by atoms with Gasteiger partial charge in [0.05, 0.1) is 29.6 Å². The number of hydrogen-bond acceptors (Lipinski definition) is 4. The molecule has 0 unspecified atom stereocenters. The smallest absolute Gasteiger partial charge is 0.351 e. The predicted octanol–water partition coefficient (Wildman–Crippen LogP) is 6.06. The Morgan fingerprint density at radius 1 is 0.975 bits per heavy atom. The number of sulfonamides is 1. The van der Waals surface area contributed by atoms with Crippen LogP contribution in [0.3, 0.4) is 0 Å². The van der Waals surface area contributed by atoms with Gasteiger partial charge in [-0.3, -0.25) is 9.71 Å². The number of hydrogen-bond donors (Lipinski definition) is 2. The van der Waals surface area contributed by atoms with Crippen molar-refractivity contribution in [2.45, 2.75) is 32.1 Å². The van der Waals surface area contributed by atoms with Crippen molar-refractivity contribution >= 4 is 38.7 Å². The maximum Gasteiger partial charge on any atom is 0.416 e. The Bertz CT molecular complexity index is 1670. The number of pyridine rings is 1. The number of anilines is 2. The van der Waals surface area contributed by atoms with Crippen LogP contribution in [0.15, 0.2) is 79.0 Å². The topological polar surface area (TPSA) is 79.3 Å². The normalized spacial score (nSPS) is 17.6. The molecule has 2 aromatic heterocycles. The molecule has 1 aliphatic rings. The van der Waals surface area contributed by atoms with Gasteiger partial charge < -0.3 is 14.8 Å². The molecule has 2 N–H and O–H groups in total. The first kappa shape index (κ1) is 27.7. The lowest BCUT2D eigenvalue weighted by atomic mass is 9.96. The van der Waals surface area contributed by atoms with Gasteiger partial charge in [-0.05, 0) is 92.3 Å². The van der Waals surface area contributed by atoms with Crippen LogP contribution in [-0.2, 0) is 16.2 Å². The van der Waals surface area contributed by atoms with Gasteiger partial charge in [-0.15, -0.1) is 0 Å². The van der Waals surface area contributed by atoms with Crippen molar-refractivity contribution in [2.24, 2.45) is 0 Å². The number of aromatic nitrogens is 2. The Balaban J connectivity index is 1.63. The molecule has 1 saturated heterocycles. The highest BCUT2D eigenvalue weighted by Crippen LogP contribution is 2.44. The monoisotopic (exact) mass is 585 g/mol. The molecule has 3 heterocycles. The van der Waals surface area contributed by atoms with E-state index in [2.05, 4.69) is 15.0 Å². The number of nitrogens with zero attached hydrogens (tertiary/aromatic N) is 3. The summed E-state index contributed by atoms with van der Waals surface area (Å²) in [6.45, 7) is 3.72. The van der Waals surface area contributed by atoms with Crippen LogP contribution < -0.4 is 14.9 Å². The van der Waals surface area contributed by atoms with E-state index in [0.29, 0.717) is 22.2 Å². The molecule has 208 valence electrons. The minimum absolute atomic E-state index is 0.363. The molecule has 2 atom stereocenters. The summed E-state index contributed by atoms with van der Waals surface area (Å²) in [4.78, 5) is 6.48. The van der Waals surface area contributed by atoms with Gasteiger partial charge in [0.15, 0.2) is 5.11 Å². The van der Waals surface area contributed by atoms with Crippen LogP contribution in [0.1, 0.15) is 40.3 Å². The highest BCUT2D eigenvalue weighted by Gasteiger charge is 2.42. The Labute approximate surface area is 235 Å². The fourth-order valence-corrected chi connectivity index (χ4v) is 6.07. The van der Waals surface area contributed by atoms with E-state index in [0.717, 1.165) is 41.0 Å². The largest absolute Gasteiger partial charge is 0.416 e. The van der Waals surface area contributed by atoms with Crippen molar-refractivity contribution < 1.29 is 21.6 Å². The number of halogens is 3. The molecule has 0 amide bonds. The molecular formula is C28H26F3N5O2S2. The zero-order valence-corrected chi connectivity index (χ0v) is 23.4. The first-order valence-electron chi connectivity index (χ1n) is 12.3. The summed E-state index contributed by atoms with van der Waals surface area (Å²) in [5.74, 6) is 0. The molecule has 0 bridgehead atoms. The van der Waals surface area contributed by atoms with Crippen LogP contribution in [0.2, 0.25) is 0 Å². The van der Waals surface area contributed by atoms with Gasteiger partial charge in [-0.25, -0.2) is 8.42 Å². The summed E-state index contributed by atoms with van der Waals surface area (Å²) in [5.41, 5.74) is 3.92. The standard InChI is InChI=1S/C28H26F3N5O2S2/c1-17-15-23(18(2)35(17)22-8-6-7-19(16-22)28(29,30)31)26-25(24-9-4-5-14-32-24)33-27(39)36(26)21-12-10-20(11-13-21)34-40(3,37)38/h4-16,25-26,34H,1-3H3,(H,33,39)/t25-,26-/m0/s1. The molecule has 5 rings (SSSR count). The second-order valence-electron chi connectivity index (χ2n) is 9.63. The zero-order chi connectivity index (χ0) is 28.8. The summed E-state index contributed by atoms with van der Waals surface area (Å²) in [5, 5.41) is 3.81. The molecule has 12 heteroatoms. The maximum absolute atomic E-state index is 13.5. The maximum atomic E-state index is 13.5. The third-order valence-corrected chi connectivity index (χ3v) is 7.69. The third kappa shape index (κ3) is 5.41. The zero-order valence-electron chi connectivity index (χ0n) is 21.8. The van der Waals surface area contributed by atoms with Crippen molar-refractivity contribution in [2.75, 3.05) is 15.9 Å². The average Bonchev–Trinajstić information content (AvgIpc) is 3.38.